The highest BCUT2D eigenvalue weighted by Gasteiger charge is 2.43. The first kappa shape index (κ1) is 11.5. The van der Waals surface area contributed by atoms with Crippen molar-refractivity contribution in [3.63, 3.8) is 0 Å². The largest absolute Gasteiger partial charge is 0.326 e. The fourth-order valence-electron chi connectivity index (χ4n) is 2.56. The Morgan fingerprint density at radius 3 is 2.50 bits per heavy atom. The second-order valence-corrected chi connectivity index (χ2v) is 4.36. The lowest BCUT2D eigenvalue weighted by molar-refractivity contribution is 0.0513. The Hall–Kier alpha value is -1.00. The van der Waals surface area contributed by atoms with E-state index in [2.05, 4.69) is 0 Å². The number of halogens is 2. The van der Waals surface area contributed by atoms with Crippen molar-refractivity contribution in [2.24, 2.45) is 5.73 Å². The van der Waals surface area contributed by atoms with E-state index in [1.807, 2.05) is 30.3 Å². The summed E-state index contributed by atoms with van der Waals surface area (Å²) in [4.78, 5) is 1.66. The molecule has 4 heteroatoms. The van der Waals surface area contributed by atoms with Crippen molar-refractivity contribution in [1.29, 1.82) is 0 Å². The van der Waals surface area contributed by atoms with Crippen molar-refractivity contribution in [3.8, 4) is 0 Å². The van der Waals surface area contributed by atoms with Crippen LogP contribution in [0.15, 0.2) is 30.3 Å². The molecule has 1 aliphatic rings. The molecule has 88 valence electrons. The molecule has 0 amide bonds. The quantitative estimate of drug-likeness (QED) is 0.831. The second-order valence-electron chi connectivity index (χ2n) is 4.36. The Morgan fingerprint density at radius 1 is 1.31 bits per heavy atom. The number of rotatable bonds is 2. The minimum atomic E-state index is -2.36. The predicted octanol–water partition coefficient (Wildman–Crippen LogP) is 1.68. The van der Waals surface area contributed by atoms with Gasteiger partial charge in [-0.15, -0.1) is 0 Å². The predicted molar refractivity (Wildman–Crippen MR) is 59.6 cm³/mol. The van der Waals surface area contributed by atoms with Crippen molar-refractivity contribution in [2.75, 3.05) is 13.6 Å². The van der Waals surface area contributed by atoms with Gasteiger partial charge in [-0.25, -0.2) is 8.78 Å². The number of likely N-dealkylation sites (N-methyl/N-ethyl adjacent to an activating group) is 1. The van der Waals surface area contributed by atoms with Gasteiger partial charge < -0.3 is 5.73 Å². The number of hydrogen-bond donors (Lipinski definition) is 1. The maximum Gasteiger partial charge on any atom is 0.254 e. The molecule has 2 nitrogen and oxygen atoms in total. The third-order valence-electron chi connectivity index (χ3n) is 3.28. The number of benzene rings is 1. The number of hydrogen-bond acceptors (Lipinski definition) is 2. The van der Waals surface area contributed by atoms with Gasteiger partial charge in [0.1, 0.15) is 0 Å². The van der Waals surface area contributed by atoms with Crippen molar-refractivity contribution in [1.82, 2.24) is 4.90 Å². The van der Waals surface area contributed by atoms with E-state index in [9.17, 15) is 8.78 Å². The van der Waals surface area contributed by atoms with Gasteiger partial charge >= 0.3 is 0 Å². The molecule has 1 aromatic rings. The summed E-state index contributed by atoms with van der Waals surface area (Å²) in [6.45, 7) is 0.522. The molecule has 1 aromatic carbocycles. The molecule has 1 fully saturated rings. The fourth-order valence-corrected chi connectivity index (χ4v) is 2.56. The first-order chi connectivity index (χ1) is 7.61. The van der Waals surface area contributed by atoms with Crippen LogP contribution in [0.25, 0.3) is 0 Å². The number of alkyl halides is 2. The molecular formula is C12H16F2N2. The lowest BCUT2D eigenvalue weighted by Gasteiger charge is -2.25. The summed E-state index contributed by atoms with van der Waals surface area (Å²) in [7, 11) is 1.71. The van der Waals surface area contributed by atoms with Crippen LogP contribution in [-0.2, 0) is 0 Å². The molecule has 0 unspecified atom stereocenters. The third kappa shape index (κ3) is 1.95. The highest BCUT2D eigenvalue weighted by atomic mass is 19.3. The van der Waals surface area contributed by atoms with Gasteiger partial charge in [0.05, 0.1) is 6.04 Å². The van der Waals surface area contributed by atoms with Crippen LogP contribution in [0.4, 0.5) is 8.78 Å². The van der Waals surface area contributed by atoms with E-state index < -0.39 is 12.5 Å². The summed E-state index contributed by atoms with van der Waals surface area (Å²) in [6.07, 6.45) is -2.36. The Morgan fingerprint density at radius 2 is 1.94 bits per heavy atom. The topological polar surface area (TPSA) is 29.3 Å². The average Bonchev–Trinajstić information content (AvgIpc) is 2.55. The van der Waals surface area contributed by atoms with Crippen LogP contribution in [-0.4, -0.2) is 37.0 Å². The van der Waals surface area contributed by atoms with E-state index in [1.165, 1.54) is 0 Å². The van der Waals surface area contributed by atoms with Crippen LogP contribution in [0.2, 0.25) is 0 Å². The Balaban J connectivity index is 2.31. The zero-order chi connectivity index (χ0) is 11.7. The van der Waals surface area contributed by atoms with Gasteiger partial charge in [-0.3, -0.25) is 4.90 Å². The van der Waals surface area contributed by atoms with Crippen molar-refractivity contribution >= 4 is 0 Å². The van der Waals surface area contributed by atoms with Gasteiger partial charge in [-0.1, -0.05) is 30.3 Å². The minimum absolute atomic E-state index is 0.216. The van der Waals surface area contributed by atoms with E-state index >= 15 is 0 Å². The van der Waals surface area contributed by atoms with Gasteiger partial charge in [0.2, 0.25) is 0 Å². The third-order valence-corrected chi connectivity index (χ3v) is 3.28. The molecule has 0 aromatic heterocycles. The highest BCUT2D eigenvalue weighted by molar-refractivity contribution is 5.25. The zero-order valence-electron chi connectivity index (χ0n) is 9.18. The highest BCUT2D eigenvalue weighted by Crippen LogP contribution is 2.34. The molecule has 2 rings (SSSR count). The van der Waals surface area contributed by atoms with Crippen molar-refractivity contribution < 1.29 is 8.78 Å². The van der Waals surface area contributed by atoms with Crippen LogP contribution in [0, 0.1) is 0 Å². The van der Waals surface area contributed by atoms with Gasteiger partial charge in [-0.2, -0.15) is 0 Å². The lowest BCUT2D eigenvalue weighted by Crippen LogP contribution is -2.36. The normalized spacial score (nSPS) is 31.2. The average molecular weight is 226 g/mol. The van der Waals surface area contributed by atoms with Crippen LogP contribution in [0.3, 0.4) is 0 Å². The van der Waals surface area contributed by atoms with Crippen molar-refractivity contribution in [3.05, 3.63) is 35.9 Å². The van der Waals surface area contributed by atoms with Gasteiger partial charge in [0.15, 0.2) is 0 Å². The van der Waals surface area contributed by atoms with E-state index in [1.54, 1.807) is 11.9 Å². The fraction of sp³-hybridized carbons (Fsp3) is 0.500. The molecule has 3 atom stereocenters. The molecule has 2 N–H and O–H groups in total. The molecule has 0 bridgehead atoms. The Labute approximate surface area is 94.0 Å². The van der Waals surface area contributed by atoms with Crippen LogP contribution < -0.4 is 5.73 Å². The van der Waals surface area contributed by atoms with Gasteiger partial charge in [0.25, 0.3) is 6.43 Å². The summed E-state index contributed by atoms with van der Waals surface area (Å²) in [5.74, 6) is -0.272. The molecule has 1 aliphatic heterocycles. The Kier molecular flexibility index (Phi) is 3.21. The Bertz CT molecular complexity index is 342. The summed E-state index contributed by atoms with van der Waals surface area (Å²) in [5, 5.41) is 0. The first-order valence-corrected chi connectivity index (χ1v) is 5.40. The smallest absolute Gasteiger partial charge is 0.254 e. The molecule has 0 aliphatic carbocycles. The summed E-state index contributed by atoms with van der Waals surface area (Å²) in [6, 6.07) is 8.37. The standard InChI is InChI=1S/C12H16F2N2/c1-16-7-9(15)10(11(16)12(13)14)8-5-3-2-4-6-8/h2-6,9-12H,7,15H2,1H3/t9-,10+,11+/m1/s1. The lowest BCUT2D eigenvalue weighted by atomic mass is 9.89. The van der Waals surface area contributed by atoms with Crippen LogP contribution in [0.1, 0.15) is 11.5 Å². The molecule has 0 radical (unpaired) electrons. The van der Waals surface area contributed by atoms with E-state index in [-0.39, 0.29) is 12.0 Å². The number of likely N-dealkylation sites (tertiary alicyclic amines) is 1. The van der Waals surface area contributed by atoms with E-state index in [0.29, 0.717) is 6.54 Å². The van der Waals surface area contributed by atoms with Gasteiger partial charge in [-0.05, 0) is 12.6 Å². The van der Waals surface area contributed by atoms with Crippen LogP contribution in [0.5, 0.6) is 0 Å². The monoisotopic (exact) mass is 226 g/mol. The van der Waals surface area contributed by atoms with E-state index in [4.69, 9.17) is 5.73 Å². The van der Waals surface area contributed by atoms with Crippen molar-refractivity contribution in [2.45, 2.75) is 24.4 Å². The summed E-state index contributed by atoms with van der Waals surface area (Å²) >= 11 is 0. The number of nitrogens with two attached hydrogens (primary N) is 1. The minimum Gasteiger partial charge on any atom is -0.326 e. The zero-order valence-corrected chi connectivity index (χ0v) is 9.18. The van der Waals surface area contributed by atoms with Gasteiger partial charge in [0, 0.05) is 18.5 Å². The second kappa shape index (κ2) is 4.47. The summed E-state index contributed by atoms with van der Waals surface area (Å²) in [5.41, 5.74) is 6.86. The SMILES string of the molecule is CN1C[C@@H](N)[C@H](c2ccccc2)[C@H]1C(F)F. The summed E-state index contributed by atoms with van der Waals surface area (Å²) < 4.78 is 26.0. The molecular weight excluding hydrogens is 210 g/mol. The molecule has 0 saturated carbocycles. The molecule has 16 heavy (non-hydrogen) atoms. The first-order valence-electron chi connectivity index (χ1n) is 5.40. The maximum absolute atomic E-state index is 13.0. The molecule has 1 heterocycles. The number of nitrogens with zero attached hydrogens (tertiary/aromatic N) is 1. The van der Waals surface area contributed by atoms with Crippen LogP contribution >= 0.6 is 0 Å². The molecule has 1 saturated heterocycles. The van der Waals surface area contributed by atoms with E-state index in [0.717, 1.165) is 5.56 Å². The maximum atomic E-state index is 13.0. The molecule has 0 spiro atoms.